The molecule has 1 amide bonds. The fourth-order valence-electron chi connectivity index (χ4n) is 2.55. The van der Waals surface area contributed by atoms with Crippen LogP contribution in [-0.2, 0) is 6.54 Å². The smallest absolute Gasteiger partial charge is 0.273 e. The highest BCUT2D eigenvalue weighted by molar-refractivity contribution is 6.04. The molecule has 0 spiro atoms. The largest absolute Gasteiger partial charge is 0.368 e. The van der Waals surface area contributed by atoms with Gasteiger partial charge in [0, 0.05) is 19.0 Å². The first-order valence-electron chi connectivity index (χ1n) is 7.38. The number of amides is 1. The van der Waals surface area contributed by atoms with Gasteiger partial charge in [0.1, 0.15) is 5.69 Å². The van der Waals surface area contributed by atoms with Crippen LogP contribution in [0.5, 0.6) is 0 Å². The summed E-state index contributed by atoms with van der Waals surface area (Å²) in [7, 11) is 1.77. The van der Waals surface area contributed by atoms with Crippen molar-refractivity contribution in [3.05, 3.63) is 65.4 Å². The SMILES string of the molecule is Cc1ccccc1CN(C)C(=O)c1nc(N)nc2ccccc12. The van der Waals surface area contributed by atoms with Crippen molar-refractivity contribution in [2.24, 2.45) is 0 Å². The van der Waals surface area contributed by atoms with Crippen LogP contribution in [0.4, 0.5) is 5.95 Å². The molecule has 0 saturated carbocycles. The standard InChI is InChI=1S/C18H18N4O/c1-12-7-3-4-8-13(12)11-22(2)17(23)16-14-9-5-6-10-15(14)20-18(19)21-16/h3-10H,11H2,1-2H3,(H2,19,20,21). The number of aryl methyl sites for hydroxylation is 1. The van der Waals surface area contributed by atoms with Gasteiger partial charge >= 0.3 is 0 Å². The van der Waals surface area contributed by atoms with Crippen LogP contribution < -0.4 is 5.73 Å². The predicted molar refractivity (Wildman–Crippen MR) is 90.9 cm³/mol. The van der Waals surface area contributed by atoms with Crippen molar-refractivity contribution in [1.29, 1.82) is 0 Å². The minimum absolute atomic E-state index is 0.108. The molecule has 0 fully saturated rings. The fourth-order valence-corrected chi connectivity index (χ4v) is 2.55. The van der Waals surface area contributed by atoms with Crippen molar-refractivity contribution >= 4 is 22.8 Å². The molecule has 0 atom stereocenters. The molecule has 5 heteroatoms. The minimum Gasteiger partial charge on any atom is -0.368 e. The zero-order chi connectivity index (χ0) is 16.4. The van der Waals surface area contributed by atoms with Gasteiger partial charge in [-0.1, -0.05) is 42.5 Å². The van der Waals surface area contributed by atoms with E-state index in [1.54, 1.807) is 11.9 Å². The normalized spacial score (nSPS) is 10.7. The summed E-state index contributed by atoms with van der Waals surface area (Å²) in [6.45, 7) is 2.55. The summed E-state index contributed by atoms with van der Waals surface area (Å²) in [5, 5.41) is 0.711. The average molecular weight is 306 g/mol. The predicted octanol–water partition coefficient (Wildman–Crippen LogP) is 2.79. The van der Waals surface area contributed by atoms with E-state index >= 15 is 0 Å². The summed E-state index contributed by atoms with van der Waals surface area (Å²) in [6, 6.07) is 15.4. The number of carbonyl (C=O) groups excluding carboxylic acids is 1. The number of fused-ring (bicyclic) bond motifs is 1. The van der Waals surface area contributed by atoms with Crippen molar-refractivity contribution < 1.29 is 4.79 Å². The van der Waals surface area contributed by atoms with Gasteiger partial charge in [-0.25, -0.2) is 9.97 Å². The Morgan fingerprint density at radius 1 is 1.09 bits per heavy atom. The third-order valence-electron chi connectivity index (χ3n) is 3.84. The molecule has 5 nitrogen and oxygen atoms in total. The fraction of sp³-hybridized carbons (Fsp3) is 0.167. The molecule has 2 N–H and O–H groups in total. The molecule has 3 rings (SSSR count). The van der Waals surface area contributed by atoms with Gasteiger partial charge in [0.05, 0.1) is 5.52 Å². The molecule has 1 aromatic heterocycles. The second-order valence-electron chi connectivity index (χ2n) is 5.54. The van der Waals surface area contributed by atoms with Crippen LogP contribution in [0.1, 0.15) is 21.6 Å². The summed E-state index contributed by atoms with van der Waals surface area (Å²) in [5.41, 5.74) is 9.02. The maximum Gasteiger partial charge on any atom is 0.273 e. The Morgan fingerprint density at radius 3 is 2.57 bits per heavy atom. The van der Waals surface area contributed by atoms with Crippen LogP contribution in [0.2, 0.25) is 0 Å². The first kappa shape index (κ1) is 15.0. The number of carbonyl (C=O) groups is 1. The Balaban J connectivity index is 1.95. The summed E-state index contributed by atoms with van der Waals surface area (Å²) < 4.78 is 0. The van der Waals surface area contributed by atoms with Crippen LogP contribution in [0, 0.1) is 6.92 Å². The summed E-state index contributed by atoms with van der Waals surface area (Å²) in [6.07, 6.45) is 0. The zero-order valence-corrected chi connectivity index (χ0v) is 13.2. The average Bonchev–Trinajstić information content (AvgIpc) is 2.55. The first-order chi connectivity index (χ1) is 11.1. The Kier molecular flexibility index (Phi) is 3.93. The van der Waals surface area contributed by atoms with E-state index in [0.717, 1.165) is 11.1 Å². The number of nitrogen functional groups attached to an aromatic ring is 1. The molecule has 0 aliphatic carbocycles. The Morgan fingerprint density at radius 2 is 1.78 bits per heavy atom. The molecule has 1 heterocycles. The van der Waals surface area contributed by atoms with E-state index in [4.69, 9.17) is 5.73 Å². The maximum atomic E-state index is 12.8. The van der Waals surface area contributed by atoms with Crippen molar-refractivity contribution in [3.8, 4) is 0 Å². The highest BCUT2D eigenvalue weighted by Gasteiger charge is 2.18. The van der Waals surface area contributed by atoms with Crippen LogP contribution >= 0.6 is 0 Å². The minimum atomic E-state index is -0.168. The van der Waals surface area contributed by atoms with Gasteiger partial charge in [0.2, 0.25) is 5.95 Å². The molecule has 0 aliphatic rings. The Bertz CT molecular complexity index is 876. The van der Waals surface area contributed by atoms with Gasteiger partial charge in [-0.2, -0.15) is 0 Å². The molecule has 0 aliphatic heterocycles. The number of aromatic nitrogens is 2. The van der Waals surface area contributed by atoms with E-state index in [-0.39, 0.29) is 11.9 Å². The number of hydrogen-bond donors (Lipinski definition) is 1. The van der Waals surface area contributed by atoms with E-state index in [1.807, 2.05) is 55.5 Å². The molecule has 3 aromatic rings. The monoisotopic (exact) mass is 306 g/mol. The van der Waals surface area contributed by atoms with Gasteiger partial charge in [-0.15, -0.1) is 0 Å². The zero-order valence-electron chi connectivity index (χ0n) is 13.2. The molecule has 23 heavy (non-hydrogen) atoms. The van der Waals surface area contributed by atoms with Crippen LogP contribution in [0.15, 0.2) is 48.5 Å². The lowest BCUT2D eigenvalue weighted by Gasteiger charge is -2.19. The van der Waals surface area contributed by atoms with Crippen LogP contribution in [-0.4, -0.2) is 27.8 Å². The molecule has 116 valence electrons. The van der Waals surface area contributed by atoms with Crippen LogP contribution in [0.3, 0.4) is 0 Å². The van der Waals surface area contributed by atoms with Gasteiger partial charge < -0.3 is 10.6 Å². The second kappa shape index (κ2) is 6.04. The number of hydrogen-bond acceptors (Lipinski definition) is 4. The van der Waals surface area contributed by atoms with Gasteiger partial charge in [-0.05, 0) is 24.1 Å². The number of nitrogens with zero attached hydrogens (tertiary/aromatic N) is 3. The Labute approximate surface area is 134 Å². The van der Waals surface area contributed by atoms with E-state index in [9.17, 15) is 4.79 Å². The van der Waals surface area contributed by atoms with Crippen molar-refractivity contribution in [2.45, 2.75) is 13.5 Å². The van der Waals surface area contributed by atoms with Crippen molar-refractivity contribution in [2.75, 3.05) is 12.8 Å². The highest BCUT2D eigenvalue weighted by atomic mass is 16.2. The van der Waals surface area contributed by atoms with Crippen molar-refractivity contribution in [3.63, 3.8) is 0 Å². The molecule has 0 bridgehead atoms. The quantitative estimate of drug-likeness (QED) is 0.807. The van der Waals surface area contributed by atoms with Crippen LogP contribution in [0.25, 0.3) is 10.9 Å². The molecule has 0 radical (unpaired) electrons. The van der Waals surface area contributed by atoms with Gasteiger partial charge in [-0.3, -0.25) is 4.79 Å². The Hall–Kier alpha value is -2.95. The lowest BCUT2D eigenvalue weighted by atomic mass is 10.1. The summed E-state index contributed by atoms with van der Waals surface area (Å²) in [4.78, 5) is 22.8. The van der Waals surface area contributed by atoms with E-state index in [1.165, 1.54) is 0 Å². The number of para-hydroxylation sites is 1. The third-order valence-corrected chi connectivity index (χ3v) is 3.84. The number of nitrogens with two attached hydrogens (primary N) is 1. The van der Waals surface area contributed by atoms with E-state index in [2.05, 4.69) is 9.97 Å². The number of benzene rings is 2. The second-order valence-corrected chi connectivity index (χ2v) is 5.54. The molecule has 0 saturated heterocycles. The first-order valence-corrected chi connectivity index (χ1v) is 7.38. The number of rotatable bonds is 3. The molecular weight excluding hydrogens is 288 g/mol. The molecular formula is C18H18N4O. The molecule has 0 unspecified atom stereocenters. The van der Waals surface area contributed by atoms with E-state index in [0.29, 0.717) is 23.1 Å². The van der Waals surface area contributed by atoms with Gasteiger partial charge in [0.15, 0.2) is 0 Å². The van der Waals surface area contributed by atoms with Gasteiger partial charge in [0.25, 0.3) is 5.91 Å². The highest BCUT2D eigenvalue weighted by Crippen LogP contribution is 2.19. The topological polar surface area (TPSA) is 72.1 Å². The lowest BCUT2D eigenvalue weighted by Crippen LogP contribution is -2.28. The van der Waals surface area contributed by atoms with E-state index < -0.39 is 0 Å². The maximum absolute atomic E-state index is 12.8. The van der Waals surface area contributed by atoms with Crippen molar-refractivity contribution in [1.82, 2.24) is 14.9 Å². The number of anilines is 1. The molecule has 2 aromatic carbocycles. The third kappa shape index (κ3) is 2.99. The summed E-state index contributed by atoms with van der Waals surface area (Å²) in [5.74, 6) is -0.0603. The lowest BCUT2D eigenvalue weighted by molar-refractivity contribution is 0.0781. The summed E-state index contributed by atoms with van der Waals surface area (Å²) >= 11 is 0.